The molecule has 7 rings (SSSR count). The zero-order valence-electron chi connectivity index (χ0n) is 27.3. The summed E-state index contributed by atoms with van der Waals surface area (Å²) < 4.78 is 6.13. The second kappa shape index (κ2) is 13.2. The summed E-state index contributed by atoms with van der Waals surface area (Å²) in [6, 6.07) is 11.9. The smallest absolute Gasteiger partial charge is 0.163 e. The summed E-state index contributed by atoms with van der Waals surface area (Å²) in [5, 5.41) is 34.2. The van der Waals surface area contributed by atoms with E-state index in [2.05, 4.69) is 40.8 Å². The van der Waals surface area contributed by atoms with E-state index in [1.807, 2.05) is 6.92 Å². The van der Waals surface area contributed by atoms with Gasteiger partial charge in [-0.25, -0.2) is 0 Å². The highest BCUT2D eigenvalue weighted by Crippen LogP contribution is 2.61. The zero-order valence-corrected chi connectivity index (χ0v) is 27.3. The molecule has 250 valence electrons. The molecule has 0 radical (unpaired) electrons. The standard InChI is InChI=1S/C38H48N4O5/c1-2-5-26(43)16-28(45)17-27(44)11-9-23-10-12-34(46)35(14-23)47-22-42-20-30-32(19-40-33(30)21-42)38-13-4-6-25(38)15-24-18-41-37(39)29-7-3-8-31(38)36(24)29/h3,7-8,10,12,14,19-20,24-26,28,37,41,43,45-46H,2,4-6,9,11,13,15-18,21-22,39H2,1H3/t24-,25-,26-,28+,37+,38+/m0/s1. The number of ketones is 1. The third-order valence-corrected chi connectivity index (χ3v) is 11.2. The molecule has 0 bridgehead atoms. The summed E-state index contributed by atoms with van der Waals surface area (Å²) in [7, 11) is 0. The van der Waals surface area contributed by atoms with E-state index in [1.54, 1.807) is 18.2 Å². The maximum Gasteiger partial charge on any atom is 0.163 e. The number of nitrogens with zero attached hydrogens (tertiary/aromatic N) is 2. The Balaban J connectivity index is 1.02. The molecular weight excluding hydrogens is 592 g/mol. The van der Waals surface area contributed by atoms with E-state index in [4.69, 9.17) is 15.5 Å². The van der Waals surface area contributed by atoms with E-state index < -0.39 is 12.2 Å². The largest absolute Gasteiger partial charge is 0.504 e. The number of rotatable bonds is 13. The number of hydrogen-bond acceptors (Lipinski definition) is 9. The number of aliphatic hydroxyl groups excluding tert-OH is 2. The summed E-state index contributed by atoms with van der Waals surface area (Å²) in [5.41, 5.74) is 15.1. The second-order valence-corrected chi connectivity index (χ2v) is 14.2. The van der Waals surface area contributed by atoms with Crippen molar-refractivity contribution in [1.29, 1.82) is 0 Å². The summed E-state index contributed by atoms with van der Waals surface area (Å²) in [6.45, 7) is 3.82. The number of phenolic OH excluding ortho intramolecular Hbond substituents is 1. The van der Waals surface area contributed by atoms with E-state index in [9.17, 15) is 20.1 Å². The minimum Gasteiger partial charge on any atom is -0.504 e. The van der Waals surface area contributed by atoms with Crippen molar-refractivity contribution >= 4 is 11.5 Å². The van der Waals surface area contributed by atoms with Crippen LogP contribution in [0.3, 0.4) is 0 Å². The molecule has 1 fully saturated rings. The molecule has 0 unspecified atom stereocenters. The number of allylic oxidation sites excluding steroid dienone is 1. The van der Waals surface area contributed by atoms with E-state index in [-0.39, 0.29) is 49.1 Å². The number of ether oxygens (including phenoxy) is 1. The fourth-order valence-corrected chi connectivity index (χ4v) is 9.02. The Morgan fingerprint density at radius 3 is 2.96 bits per heavy atom. The first-order valence-electron chi connectivity index (χ1n) is 17.5. The highest BCUT2D eigenvalue weighted by molar-refractivity contribution is 6.10. The van der Waals surface area contributed by atoms with Crippen molar-refractivity contribution < 1.29 is 24.9 Å². The molecule has 9 heteroatoms. The summed E-state index contributed by atoms with van der Waals surface area (Å²) in [5.74, 6) is 1.45. The lowest BCUT2D eigenvalue weighted by molar-refractivity contribution is -0.121. The number of aliphatic hydroxyl groups is 2. The molecule has 6 N–H and O–H groups in total. The fraction of sp³-hybridized carbons (Fsp3) is 0.526. The highest BCUT2D eigenvalue weighted by atomic mass is 16.5. The molecule has 6 atom stereocenters. The Bertz CT molecular complexity index is 1620. The first-order chi connectivity index (χ1) is 22.8. The van der Waals surface area contributed by atoms with Gasteiger partial charge in [0.05, 0.1) is 30.6 Å². The van der Waals surface area contributed by atoms with Crippen LogP contribution in [0.2, 0.25) is 0 Å². The number of nitrogens with one attached hydrogen (secondary N) is 1. The number of hydrogen-bond donors (Lipinski definition) is 5. The number of Topliss-reactive ketones (excluding diaryl/α,β-unsaturated/α-hetero) is 1. The van der Waals surface area contributed by atoms with Gasteiger partial charge in [0.15, 0.2) is 18.2 Å². The Kier molecular flexibility index (Phi) is 9.00. The van der Waals surface area contributed by atoms with Crippen molar-refractivity contribution in [3.63, 3.8) is 0 Å². The molecule has 3 aliphatic heterocycles. The average molecular weight is 641 g/mol. The third kappa shape index (κ3) is 6.03. The van der Waals surface area contributed by atoms with Crippen LogP contribution in [0.4, 0.5) is 0 Å². The van der Waals surface area contributed by atoms with Crippen LogP contribution >= 0.6 is 0 Å². The van der Waals surface area contributed by atoms with Crippen molar-refractivity contribution in [2.75, 3.05) is 19.8 Å². The van der Waals surface area contributed by atoms with Gasteiger partial charge in [-0.2, -0.15) is 0 Å². The molecule has 2 aromatic carbocycles. The second-order valence-electron chi connectivity index (χ2n) is 14.2. The number of aryl methyl sites for hydroxylation is 1. The number of phenols is 1. The molecule has 2 aromatic rings. The molecule has 0 saturated heterocycles. The number of carbonyl (C=O) groups excluding carboxylic acids is 1. The van der Waals surface area contributed by atoms with Crippen molar-refractivity contribution in [3.8, 4) is 11.5 Å². The van der Waals surface area contributed by atoms with E-state index in [0.29, 0.717) is 37.0 Å². The topological polar surface area (TPSA) is 141 Å². The minimum absolute atomic E-state index is 0.0340. The first-order valence-corrected chi connectivity index (χ1v) is 17.5. The number of nitrogens with two attached hydrogens (primary N) is 1. The molecular formula is C38H48N4O5. The van der Waals surface area contributed by atoms with Crippen molar-refractivity contribution in [3.05, 3.63) is 82.2 Å². The molecule has 9 nitrogen and oxygen atoms in total. The van der Waals surface area contributed by atoms with Gasteiger partial charge in [-0.3, -0.25) is 15.1 Å². The van der Waals surface area contributed by atoms with E-state index >= 15 is 0 Å². The lowest BCUT2D eigenvalue weighted by atomic mass is 9.56. The highest BCUT2D eigenvalue weighted by Gasteiger charge is 2.55. The number of fused-ring (bicyclic) bond motifs is 3. The van der Waals surface area contributed by atoms with Gasteiger partial charge in [-0.15, -0.1) is 0 Å². The third-order valence-electron chi connectivity index (χ3n) is 11.2. The first kappa shape index (κ1) is 32.1. The van der Waals surface area contributed by atoms with Gasteiger partial charge in [0.1, 0.15) is 5.78 Å². The van der Waals surface area contributed by atoms with Gasteiger partial charge in [0, 0.05) is 42.8 Å². The Morgan fingerprint density at radius 2 is 2.11 bits per heavy atom. The van der Waals surface area contributed by atoms with E-state index in [1.165, 1.54) is 47.1 Å². The van der Waals surface area contributed by atoms with Crippen molar-refractivity contribution in [2.24, 2.45) is 16.6 Å². The summed E-state index contributed by atoms with van der Waals surface area (Å²) in [4.78, 5) is 19.5. The molecule has 0 spiro atoms. The van der Waals surface area contributed by atoms with Crippen LogP contribution in [0, 0.1) is 5.92 Å². The molecule has 0 amide bonds. The monoisotopic (exact) mass is 640 g/mol. The number of aliphatic imine (C=N–C) groups is 1. The molecule has 0 aromatic heterocycles. The summed E-state index contributed by atoms with van der Waals surface area (Å²) >= 11 is 0. The van der Waals surface area contributed by atoms with Gasteiger partial charge in [-0.05, 0) is 90.3 Å². The predicted octanol–water partition coefficient (Wildman–Crippen LogP) is 4.86. The van der Waals surface area contributed by atoms with Crippen molar-refractivity contribution in [1.82, 2.24) is 10.2 Å². The van der Waals surface area contributed by atoms with Gasteiger partial charge >= 0.3 is 0 Å². The quantitative estimate of drug-likeness (QED) is 0.209. The van der Waals surface area contributed by atoms with Gasteiger partial charge in [-0.1, -0.05) is 44.0 Å². The van der Waals surface area contributed by atoms with Crippen LogP contribution in [0.25, 0.3) is 0 Å². The number of aromatic hydroxyl groups is 1. The minimum atomic E-state index is -0.834. The van der Waals surface area contributed by atoms with Crippen LogP contribution in [0.1, 0.15) is 99.0 Å². The average Bonchev–Trinajstić information content (AvgIpc) is 3.77. The number of carbonyl (C=O) groups is 1. The fourth-order valence-electron chi connectivity index (χ4n) is 9.02. The van der Waals surface area contributed by atoms with Crippen LogP contribution < -0.4 is 15.8 Å². The predicted molar refractivity (Wildman–Crippen MR) is 181 cm³/mol. The summed E-state index contributed by atoms with van der Waals surface area (Å²) in [6.07, 6.45) is 9.94. The normalized spacial score (nSPS) is 26.9. The van der Waals surface area contributed by atoms with Crippen LogP contribution in [-0.4, -0.2) is 63.7 Å². The molecule has 47 heavy (non-hydrogen) atoms. The molecule has 3 heterocycles. The zero-order chi connectivity index (χ0) is 32.7. The van der Waals surface area contributed by atoms with Crippen LogP contribution in [-0.2, 0) is 16.6 Å². The lowest BCUT2D eigenvalue weighted by Gasteiger charge is -2.48. The Labute approximate surface area is 277 Å². The van der Waals surface area contributed by atoms with Crippen LogP contribution in [0.5, 0.6) is 11.5 Å². The van der Waals surface area contributed by atoms with Gasteiger partial charge in [0.25, 0.3) is 0 Å². The Hall–Kier alpha value is -3.50. The van der Waals surface area contributed by atoms with E-state index in [0.717, 1.165) is 30.7 Å². The molecule has 2 aliphatic carbocycles. The van der Waals surface area contributed by atoms with Gasteiger partial charge < -0.3 is 30.7 Å². The SMILES string of the molecule is CCC[C@H](O)C[C@@H](O)CC(=O)CCc1ccc(O)c(OCN2C=C3C([C@]45CCC[C@H]4C[C@H]4CN[C@@H](N)c6cccc5c64)=CN=C3C2)c1. The van der Waals surface area contributed by atoms with Crippen LogP contribution in [0.15, 0.2) is 64.9 Å². The van der Waals surface area contributed by atoms with Crippen molar-refractivity contribution in [2.45, 2.75) is 101 Å². The molecule has 1 saturated carbocycles. The maximum absolute atomic E-state index is 12.5. The Morgan fingerprint density at radius 1 is 1.23 bits per heavy atom. The number of benzene rings is 2. The van der Waals surface area contributed by atoms with Gasteiger partial charge in [0.2, 0.25) is 0 Å². The lowest BCUT2D eigenvalue weighted by Crippen LogP contribution is -2.46. The molecule has 5 aliphatic rings. The maximum atomic E-state index is 12.5.